The number of amides is 1. The zero-order valence-corrected chi connectivity index (χ0v) is 11.0. The first-order valence-corrected chi connectivity index (χ1v) is 7.06. The summed E-state index contributed by atoms with van der Waals surface area (Å²) in [4.78, 5) is 14.2. The minimum Gasteiger partial charge on any atom is -0.339 e. The molecule has 2 atom stereocenters. The number of carbonyl (C=O) groups excluding carboxylic acids is 1. The van der Waals surface area contributed by atoms with Crippen molar-refractivity contribution in [1.82, 2.24) is 4.90 Å². The smallest absolute Gasteiger partial charge is 0.236 e. The van der Waals surface area contributed by atoms with Crippen LogP contribution in [0.1, 0.15) is 45.4 Å². The highest BCUT2D eigenvalue weighted by Gasteiger charge is 2.34. The molecule has 2 unspecified atom stereocenters. The van der Waals surface area contributed by atoms with Gasteiger partial charge in [0.15, 0.2) is 0 Å². The number of piperidine rings is 1. The minimum atomic E-state index is 0.0788. The Kier molecular flexibility index (Phi) is 3.70. The second-order valence-corrected chi connectivity index (χ2v) is 6.03. The fourth-order valence-electron chi connectivity index (χ4n) is 2.95. The third-order valence-electron chi connectivity index (χ3n) is 3.98. The van der Waals surface area contributed by atoms with E-state index in [0.29, 0.717) is 11.9 Å². The predicted octanol–water partition coefficient (Wildman–Crippen LogP) is 2.95. The third-order valence-corrected chi connectivity index (χ3v) is 4.83. The van der Waals surface area contributed by atoms with Gasteiger partial charge in [-0.2, -0.15) is 0 Å². The molecule has 1 saturated heterocycles. The standard InChI is InChI=1S/C12H20BrNO/c1-9(10-5-2-3-6-10)14-8-4-7-11(13)12(14)15/h9-11H,2-8H2,1H3. The second kappa shape index (κ2) is 4.86. The summed E-state index contributed by atoms with van der Waals surface area (Å²) in [6.45, 7) is 3.21. The van der Waals surface area contributed by atoms with Crippen LogP contribution in [0.5, 0.6) is 0 Å². The molecule has 2 aliphatic rings. The number of rotatable bonds is 2. The molecule has 0 aromatic carbocycles. The van der Waals surface area contributed by atoms with Gasteiger partial charge in [-0.25, -0.2) is 0 Å². The van der Waals surface area contributed by atoms with Gasteiger partial charge in [0.1, 0.15) is 0 Å². The molecule has 0 radical (unpaired) electrons. The average Bonchev–Trinajstić information content (AvgIpc) is 2.74. The maximum absolute atomic E-state index is 12.0. The normalized spacial score (nSPS) is 30.9. The van der Waals surface area contributed by atoms with Gasteiger partial charge in [0, 0.05) is 12.6 Å². The molecular weight excluding hydrogens is 254 g/mol. The van der Waals surface area contributed by atoms with Crippen molar-refractivity contribution in [3.63, 3.8) is 0 Å². The lowest BCUT2D eigenvalue weighted by Crippen LogP contribution is -2.48. The summed E-state index contributed by atoms with van der Waals surface area (Å²) in [5, 5.41) is 0. The van der Waals surface area contributed by atoms with Crippen molar-refractivity contribution in [3.05, 3.63) is 0 Å². The van der Waals surface area contributed by atoms with Crippen molar-refractivity contribution in [1.29, 1.82) is 0 Å². The van der Waals surface area contributed by atoms with E-state index < -0.39 is 0 Å². The number of alkyl halides is 1. The summed E-state index contributed by atoms with van der Waals surface area (Å²) in [7, 11) is 0. The van der Waals surface area contributed by atoms with Gasteiger partial charge in [-0.15, -0.1) is 0 Å². The molecule has 0 aromatic rings. The summed E-state index contributed by atoms with van der Waals surface area (Å²) >= 11 is 3.48. The van der Waals surface area contributed by atoms with Crippen LogP contribution in [0.3, 0.4) is 0 Å². The van der Waals surface area contributed by atoms with Crippen molar-refractivity contribution in [2.75, 3.05) is 6.54 Å². The monoisotopic (exact) mass is 273 g/mol. The lowest BCUT2D eigenvalue weighted by atomic mass is 9.96. The van der Waals surface area contributed by atoms with E-state index in [9.17, 15) is 4.79 Å². The Balaban J connectivity index is 1.98. The van der Waals surface area contributed by atoms with Gasteiger partial charge in [-0.05, 0) is 38.5 Å². The van der Waals surface area contributed by atoms with Crippen LogP contribution in [0.4, 0.5) is 0 Å². The molecule has 2 rings (SSSR count). The molecule has 3 heteroatoms. The van der Waals surface area contributed by atoms with Gasteiger partial charge in [0.25, 0.3) is 0 Å². The SMILES string of the molecule is CC(C1CCCC1)N1CCCC(Br)C1=O. The third kappa shape index (κ3) is 2.38. The van der Waals surface area contributed by atoms with Crippen LogP contribution in [0.25, 0.3) is 0 Å². The highest BCUT2D eigenvalue weighted by Crippen LogP contribution is 2.32. The molecule has 2 fully saturated rings. The maximum atomic E-state index is 12.0. The van der Waals surface area contributed by atoms with Crippen molar-refractivity contribution in [3.8, 4) is 0 Å². The molecule has 0 aromatic heterocycles. The van der Waals surface area contributed by atoms with E-state index in [0.717, 1.165) is 25.3 Å². The largest absolute Gasteiger partial charge is 0.339 e. The second-order valence-electron chi connectivity index (χ2n) is 4.93. The topological polar surface area (TPSA) is 20.3 Å². The molecule has 1 aliphatic carbocycles. The first-order valence-electron chi connectivity index (χ1n) is 6.14. The number of carbonyl (C=O) groups is 1. The Morgan fingerprint density at radius 2 is 1.93 bits per heavy atom. The van der Waals surface area contributed by atoms with Crippen LogP contribution in [-0.4, -0.2) is 28.2 Å². The number of hydrogen-bond acceptors (Lipinski definition) is 1. The van der Waals surface area contributed by atoms with Crippen LogP contribution in [0.2, 0.25) is 0 Å². The van der Waals surface area contributed by atoms with Gasteiger partial charge in [0.2, 0.25) is 5.91 Å². The molecule has 0 spiro atoms. The van der Waals surface area contributed by atoms with E-state index in [1.807, 2.05) is 0 Å². The molecule has 1 saturated carbocycles. The maximum Gasteiger partial charge on any atom is 0.236 e. The molecule has 15 heavy (non-hydrogen) atoms. The minimum absolute atomic E-state index is 0.0788. The van der Waals surface area contributed by atoms with E-state index in [1.54, 1.807) is 0 Å². The predicted molar refractivity (Wildman–Crippen MR) is 65.1 cm³/mol. The highest BCUT2D eigenvalue weighted by molar-refractivity contribution is 9.10. The number of likely N-dealkylation sites (tertiary alicyclic amines) is 1. The Labute approximate surface area is 101 Å². The van der Waals surface area contributed by atoms with E-state index in [-0.39, 0.29) is 4.83 Å². The molecule has 0 N–H and O–H groups in total. The van der Waals surface area contributed by atoms with Gasteiger partial charge < -0.3 is 4.90 Å². The van der Waals surface area contributed by atoms with Crippen molar-refractivity contribution >= 4 is 21.8 Å². The van der Waals surface area contributed by atoms with Crippen LogP contribution < -0.4 is 0 Å². The molecule has 1 heterocycles. The van der Waals surface area contributed by atoms with Crippen LogP contribution in [0.15, 0.2) is 0 Å². The Bertz CT molecular complexity index is 238. The summed E-state index contributed by atoms with van der Waals surface area (Å²) in [5.74, 6) is 1.08. The Hall–Kier alpha value is -0.0500. The number of hydrogen-bond donors (Lipinski definition) is 0. The van der Waals surface area contributed by atoms with Crippen LogP contribution in [-0.2, 0) is 4.79 Å². The average molecular weight is 274 g/mol. The molecule has 2 nitrogen and oxygen atoms in total. The Morgan fingerprint density at radius 1 is 1.27 bits per heavy atom. The molecular formula is C12H20BrNO. The fraction of sp³-hybridized carbons (Fsp3) is 0.917. The number of halogens is 1. The van der Waals surface area contributed by atoms with Crippen molar-refractivity contribution < 1.29 is 4.79 Å². The molecule has 1 amide bonds. The molecule has 1 aliphatic heterocycles. The highest BCUT2D eigenvalue weighted by atomic mass is 79.9. The summed E-state index contributed by atoms with van der Waals surface area (Å²) in [5.41, 5.74) is 0. The zero-order chi connectivity index (χ0) is 10.8. The lowest BCUT2D eigenvalue weighted by molar-refractivity contribution is -0.135. The van der Waals surface area contributed by atoms with Crippen LogP contribution in [0, 0.1) is 5.92 Å². The van der Waals surface area contributed by atoms with Gasteiger partial charge >= 0.3 is 0 Å². The summed E-state index contributed by atoms with van der Waals surface area (Å²) in [6, 6.07) is 0.459. The van der Waals surface area contributed by atoms with E-state index in [4.69, 9.17) is 0 Å². The summed E-state index contributed by atoms with van der Waals surface area (Å²) < 4.78 is 0. The number of nitrogens with zero attached hydrogens (tertiary/aromatic N) is 1. The lowest BCUT2D eigenvalue weighted by Gasteiger charge is -2.37. The Morgan fingerprint density at radius 3 is 2.60 bits per heavy atom. The summed E-state index contributed by atoms with van der Waals surface area (Å²) in [6.07, 6.45) is 7.50. The zero-order valence-electron chi connectivity index (χ0n) is 9.42. The van der Waals surface area contributed by atoms with Gasteiger partial charge in [-0.1, -0.05) is 28.8 Å². The molecule has 0 bridgehead atoms. The fourth-order valence-corrected chi connectivity index (χ4v) is 3.54. The first kappa shape index (κ1) is 11.4. The van der Waals surface area contributed by atoms with E-state index in [1.165, 1.54) is 25.7 Å². The first-order chi connectivity index (χ1) is 7.20. The van der Waals surface area contributed by atoms with Crippen LogP contribution >= 0.6 is 15.9 Å². The van der Waals surface area contributed by atoms with Gasteiger partial charge in [-0.3, -0.25) is 4.79 Å². The van der Waals surface area contributed by atoms with Gasteiger partial charge in [0.05, 0.1) is 4.83 Å². The molecule has 86 valence electrons. The van der Waals surface area contributed by atoms with E-state index >= 15 is 0 Å². The van der Waals surface area contributed by atoms with Crippen molar-refractivity contribution in [2.45, 2.75) is 56.3 Å². The van der Waals surface area contributed by atoms with Crippen molar-refractivity contribution in [2.24, 2.45) is 5.92 Å². The van der Waals surface area contributed by atoms with E-state index in [2.05, 4.69) is 27.8 Å². The quantitative estimate of drug-likeness (QED) is 0.709.